The molecule has 0 spiro atoms. The van der Waals surface area contributed by atoms with E-state index in [2.05, 4.69) is 10.5 Å². The summed E-state index contributed by atoms with van der Waals surface area (Å²) in [7, 11) is 0. The molecule has 0 aliphatic heterocycles. The zero-order valence-corrected chi connectivity index (χ0v) is 7.73. The number of phenolic OH excluding ortho intramolecular Hbond substituents is 1. The lowest BCUT2D eigenvalue weighted by molar-refractivity contribution is 0.477. The van der Waals surface area contributed by atoms with Gasteiger partial charge in [-0.1, -0.05) is 0 Å². The molecule has 0 aromatic heterocycles. The molecule has 1 aromatic carbocycles. The van der Waals surface area contributed by atoms with Gasteiger partial charge in [0.2, 0.25) is 0 Å². The number of aromatic hydroxyl groups is 1. The van der Waals surface area contributed by atoms with Gasteiger partial charge in [0, 0.05) is 18.3 Å². The summed E-state index contributed by atoms with van der Waals surface area (Å²) in [6, 6.07) is 4.62. The fraction of sp³-hybridized carbons (Fsp3) is 0.333. The summed E-state index contributed by atoms with van der Waals surface area (Å²) >= 11 is 0. The summed E-state index contributed by atoms with van der Waals surface area (Å²) < 4.78 is 0. The highest BCUT2D eigenvalue weighted by atomic mass is 16.3. The number of hydrogen-bond acceptors (Lipinski definition) is 5. The third-order valence-corrected chi connectivity index (χ3v) is 1.78. The predicted molar refractivity (Wildman–Crippen MR) is 55.7 cm³/mol. The fourth-order valence-corrected chi connectivity index (χ4v) is 1.05. The number of anilines is 1. The summed E-state index contributed by atoms with van der Waals surface area (Å²) in [5.74, 6) is -0.113. The molecule has 0 saturated heterocycles. The number of rotatable bonds is 5. The van der Waals surface area contributed by atoms with Crippen molar-refractivity contribution in [1.82, 2.24) is 0 Å². The second-order valence-corrected chi connectivity index (χ2v) is 2.86. The fourth-order valence-electron chi connectivity index (χ4n) is 1.05. The molecule has 0 fully saturated rings. The van der Waals surface area contributed by atoms with Gasteiger partial charge in [0.05, 0.1) is 0 Å². The van der Waals surface area contributed by atoms with Crippen LogP contribution in [0.2, 0.25) is 0 Å². The molecule has 0 bridgehead atoms. The van der Waals surface area contributed by atoms with Crippen molar-refractivity contribution < 1.29 is 5.11 Å². The number of nitrogens with zero attached hydrogens (tertiary/aromatic N) is 1. The Morgan fingerprint density at radius 3 is 2.86 bits per heavy atom. The van der Waals surface area contributed by atoms with Gasteiger partial charge in [-0.3, -0.25) is 0 Å². The van der Waals surface area contributed by atoms with Gasteiger partial charge in [-0.25, -0.2) is 0 Å². The Morgan fingerprint density at radius 2 is 2.29 bits per heavy atom. The Morgan fingerprint density at radius 1 is 1.50 bits per heavy atom. The van der Waals surface area contributed by atoms with Crippen molar-refractivity contribution in [2.45, 2.75) is 6.42 Å². The van der Waals surface area contributed by atoms with Crippen molar-refractivity contribution in [3.8, 4) is 5.75 Å². The van der Waals surface area contributed by atoms with Crippen molar-refractivity contribution in [3.63, 3.8) is 0 Å². The Labute approximate surface area is 81.9 Å². The highest BCUT2D eigenvalue weighted by Crippen LogP contribution is 2.28. The standard InChI is InChI=1S/C9H13N3O2/c10-4-1-5-11-7-2-3-8(12-14)9(13)6-7/h2-3,6,11,13H,1,4-5,10H2. The van der Waals surface area contributed by atoms with Crippen LogP contribution < -0.4 is 11.1 Å². The van der Waals surface area contributed by atoms with E-state index in [1.54, 1.807) is 6.07 Å². The first-order valence-electron chi connectivity index (χ1n) is 4.38. The van der Waals surface area contributed by atoms with E-state index in [9.17, 15) is 10.0 Å². The zero-order valence-electron chi connectivity index (χ0n) is 7.73. The van der Waals surface area contributed by atoms with E-state index in [0.29, 0.717) is 6.54 Å². The van der Waals surface area contributed by atoms with Crippen LogP contribution in [0, 0.1) is 4.91 Å². The van der Waals surface area contributed by atoms with E-state index in [0.717, 1.165) is 18.7 Å². The van der Waals surface area contributed by atoms with E-state index < -0.39 is 0 Å². The Bertz CT molecular complexity index is 315. The molecular weight excluding hydrogens is 182 g/mol. The van der Waals surface area contributed by atoms with Crippen LogP contribution in [0.1, 0.15) is 6.42 Å². The van der Waals surface area contributed by atoms with Crippen LogP contribution >= 0.6 is 0 Å². The lowest BCUT2D eigenvalue weighted by atomic mass is 10.2. The van der Waals surface area contributed by atoms with Gasteiger partial charge in [0.25, 0.3) is 0 Å². The maximum absolute atomic E-state index is 10.2. The normalized spacial score (nSPS) is 9.79. The van der Waals surface area contributed by atoms with Gasteiger partial charge in [0.15, 0.2) is 0 Å². The van der Waals surface area contributed by atoms with Gasteiger partial charge in [-0.2, -0.15) is 0 Å². The maximum atomic E-state index is 10.2. The smallest absolute Gasteiger partial charge is 0.149 e. The molecule has 0 atom stereocenters. The number of phenols is 1. The molecule has 1 rings (SSSR count). The predicted octanol–water partition coefficient (Wildman–Crippen LogP) is 1.55. The monoisotopic (exact) mass is 195 g/mol. The van der Waals surface area contributed by atoms with Crippen LogP contribution in [0.15, 0.2) is 23.4 Å². The van der Waals surface area contributed by atoms with Gasteiger partial charge in [0.1, 0.15) is 11.4 Å². The molecule has 1 aromatic rings. The topological polar surface area (TPSA) is 87.7 Å². The van der Waals surface area contributed by atoms with Crippen molar-refractivity contribution in [1.29, 1.82) is 0 Å². The van der Waals surface area contributed by atoms with Crippen LogP contribution in [-0.2, 0) is 0 Å². The molecular formula is C9H13N3O2. The Balaban J connectivity index is 2.62. The summed E-state index contributed by atoms with van der Waals surface area (Å²) in [6.45, 7) is 1.36. The van der Waals surface area contributed by atoms with Crippen LogP contribution in [0.5, 0.6) is 5.75 Å². The van der Waals surface area contributed by atoms with E-state index in [4.69, 9.17) is 5.73 Å². The van der Waals surface area contributed by atoms with Crippen molar-refractivity contribution in [3.05, 3.63) is 23.1 Å². The summed E-state index contributed by atoms with van der Waals surface area (Å²) in [5, 5.41) is 15.0. The van der Waals surface area contributed by atoms with Crippen LogP contribution in [0.3, 0.4) is 0 Å². The zero-order chi connectivity index (χ0) is 10.4. The van der Waals surface area contributed by atoms with Gasteiger partial charge in [-0.05, 0) is 30.3 Å². The molecule has 0 amide bonds. The minimum absolute atomic E-state index is 0.0503. The molecule has 0 unspecified atom stereocenters. The first-order chi connectivity index (χ1) is 6.77. The lowest BCUT2D eigenvalue weighted by Crippen LogP contribution is -2.08. The third-order valence-electron chi connectivity index (χ3n) is 1.78. The highest BCUT2D eigenvalue weighted by molar-refractivity contribution is 5.60. The third kappa shape index (κ3) is 2.70. The minimum Gasteiger partial charge on any atom is -0.505 e. The Kier molecular flexibility index (Phi) is 3.87. The first kappa shape index (κ1) is 10.5. The van der Waals surface area contributed by atoms with E-state index in [1.807, 2.05) is 0 Å². The molecule has 0 aliphatic carbocycles. The average molecular weight is 195 g/mol. The largest absolute Gasteiger partial charge is 0.505 e. The van der Waals surface area contributed by atoms with Gasteiger partial charge < -0.3 is 16.2 Å². The SMILES string of the molecule is NCCCNc1ccc(N=O)c(O)c1. The molecule has 0 saturated carbocycles. The van der Waals surface area contributed by atoms with E-state index in [-0.39, 0.29) is 11.4 Å². The number of benzene rings is 1. The molecule has 0 heterocycles. The second-order valence-electron chi connectivity index (χ2n) is 2.86. The summed E-state index contributed by atoms with van der Waals surface area (Å²) in [4.78, 5) is 10.2. The minimum atomic E-state index is -0.113. The number of nitrogens with one attached hydrogen (secondary N) is 1. The van der Waals surface area contributed by atoms with Crippen molar-refractivity contribution >= 4 is 11.4 Å². The highest BCUT2D eigenvalue weighted by Gasteiger charge is 2.01. The number of nitrogens with two attached hydrogens (primary N) is 1. The Hall–Kier alpha value is -1.62. The van der Waals surface area contributed by atoms with Gasteiger partial charge >= 0.3 is 0 Å². The molecule has 5 nitrogen and oxygen atoms in total. The molecule has 4 N–H and O–H groups in total. The average Bonchev–Trinajstić information content (AvgIpc) is 2.18. The maximum Gasteiger partial charge on any atom is 0.149 e. The molecule has 76 valence electrons. The quantitative estimate of drug-likeness (QED) is 0.491. The molecule has 5 heteroatoms. The summed E-state index contributed by atoms with van der Waals surface area (Å²) in [5.41, 5.74) is 6.13. The molecule has 14 heavy (non-hydrogen) atoms. The molecule has 0 aliphatic rings. The summed E-state index contributed by atoms with van der Waals surface area (Å²) in [6.07, 6.45) is 0.856. The van der Waals surface area contributed by atoms with Crippen molar-refractivity contribution in [2.75, 3.05) is 18.4 Å². The van der Waals surface area contributed by atoms with E-state index >= 15 is 0 Å². The first-order valence-corrected chi connectivity index (χ1v) is 4.38. The second kappa shape index (κ2) is 5.18. The van der Waals surface area contributed by atoms with E-state index in [1.165, 1.54) is 12.1 Å². The lowest BCUT2D eigenvalue weighted by Gasteiger charge is -2.05. The number of hydrogen-bond donors (Lipinski definition) is 3. The van der Waals surface area contributed by atoms with Crippen LogP contribution in [0.4, 0.5) is 11.4 Å². The molecule has 0 radical (unpaired) electrons. The van der Waals surface area contributed by atoms with Gasteiger partial charge in [-0.15, -0.1) is 4.91 Å². The van der Waals surface area contributed by atoms with Crippen molar-refractivity contribution in [2.24, 2.45) is 10.9 Å². The van der Waals surface area contributed by atoms with Crippen LogP contribution in [0.25, 0.3) is 0 Å². The van der Waals surface area contributed by atoms with Crippen LogP contribution in [-0.4, -0.2) is 18.2 Å². The number of nitroso groups, excluding NO2 is 1.